The van der Waals surface area contributed by atoms with Gasteiger partial charge in [-0.25, -0.2) is 49.1 Å². The van der Waals surface area contributed by atoms with Crippen molar-refractivity contribution in [3.8, 4) is 22.8 Å². The number of hydrogen-bond donors (Lipinski definition) is 12. The maximum absolute atomic E-state index is 12.3. The van der Waals surface area contributed by atoms with E-state index in [1.165, 1.54) is 42.3 Å². The lowest BCUT2D eigenvalue weighted by atomic mass is 10.2. The maximum atomic E-state index is 12.3. The van der Waals surface area contributed by atoms with Crippen LogP contribution in [0.4, 0.5) is 25.1 Å². The van der Waals surface area contributed by atoms with Gasteiger partial charge in [0.25, 0.3) is 11.1 Å². The van der Waals surface area contributed by atoms with Gasteiger partial charge in [0.15, 0.2) is 0 Å². The molecule has 0 bridgehead atoms. The SMILES string of the molecule is C=CCOC[C@@H](C)NC(=O)OC(C)(C)C.CN[C@H](C)COCCCO.C[C@@H](N)CO.C[C@@H](N)COCCCO.C[C@@H]1COCCCN1.C[C@@H]1COCCCN1C.C[C@@H]1COCCCN1C(=O)OC(C)(C)C.C[C@@H]1COCCCN1c1nc(-c2ccncn2)cc(=O)n1C.C[C@H](CO)NC(=O)OC(C)(C)C.C[C@H](COCCCO)NC(=O)OC(C)(C)C.Cl.Cl.Cn1c(Cl)nc(-c2ccncn2)cc1=O. The van der Waals surface area contributed by atoms with E-state index in [9.17, 15) is 28.8 Å². The van der Waals surface area contributed by atoms with Crippen LogP contribution in [0.25, 0.3) is 22.8 Å². The van der Waals surface area contributed by atoms with Crippen LogP contribution < -0.4 is 54.1 Å². The van der Waals surface area contributed by atoms with E-state index in [0.29, 0.717) is 119 Å². The molecule has 4 aliphatic heterocycles. The largest absolute Gasteiger partial charge is 0.444 e. The van der Waals surface area contributed by atoms with E-state index in [1.54, 1.807) is 88.8 Å². The summed E-state index contributed by atoms with van der Waals surface area (Å²) in [4.78, 5) is 99.9. The van der Waals surface area contributed by atoms with Crippen LogP contribution in [-0.2, 0) is 70.9 Å². The molecule has 4 amide bonds. The molecular weight excluding hydrogens is 1860 g/mol. The highest BCUT2D eigenvalue weighted by atomic mass is 35.5. The topological polar surface area (TPSA) is 523 Å². The molecule has 804 valence electrons. The number of carbonyl (C=O) groups excluding carboxylic acids is 4. The fraction of sp³-hybridized carbons (Fsp3) is 0.766. The number of aromatic nitrogens is 8. The van der Waals surface area contributed by atoms with Gasteiger partial charge in [0.2, 0.25) is 11.2 Å². The van der Waals surface area contributed by atoms with Crippen molar-refractivity contribution in [3.63, 3.8) is 0 Å². The highest BCUT2D eigenvalue weighted by Crippen LogP contribution is 2.21. The third kappa shape index (κ3) is 79.3. The van der Waals surface area contributed by atoms with Gasteiger partial charge in [-0.3, -0.25) is 18.7 Å². The first-order chi connectivity index (χ1) is 63.8. The number of halogens is 3. The van der Waals surface area contributed by atoms with Crippen molar-refractivity contribution in [2.75, 3.05) is 184 Å². The number of rotatable bonds is 28. The van der Waals surface area contributed by atoms with Crippen LogP contribution in [0.15, 0.2) is 71.6 Å². The lowest BCUT2D eigenvalue weighted by molar-refractivity contribution is 0.0145. The van der Waals surface area contributed by atoms with E-state index < -0.39 is 40.7 Å². The van der Waals surface area contributed by atoms with Crippen LogP contribution in [0.1, 0.15) is 197 Å². The molecule has 0 saturated carbocycles. The summed E-state index contributed by atoms with van der Waals surface area (Å²) in [5.74, 6) is 0.652. The molecule has 4 saturated heterocycles. The zero-order chi connectivity index (χ0) is 104. The van der Waals surface area contributed by atoms with E-state index >= 15 is 0 Å². The average Bonchev–Trinajstić information content (AvgIpc) is 1.38. The number of aliphatic hydroxyl groups excluding tert-OH is 5. The Morgan fingerprint density at radius 1 is 0.529 bits per heavy atom. The van der Waals surface area contributed by atoms with Crippen molar-refractivity contribution >= 4 is 66.7 Å². The molecule has 0 radical (unpaired) electrons. The first kappa shape index (κ1) is 139. The molecule has 4 aliphatic rings. The molecule has 8 heterocycles. The minimum absolute atomic E-state index is 0. The molecule has 8 rings (SSSR count). The molecule has 4 aromatic rings. The van der Waals surface area contributed by atoms with Crippen LogP contribution in [-0.4, -0.2) is 361 Å². The summed E-state index contributed by atoms with van der Waals surface area (Å²) in [6.07, 6.45) is 12.3. The molecule has 0 unspecified atom stereocenters. The van der Waals surface area contributed by atoms with Gasteiger partial charge < -0.3 is 135 Å². The molecular formula is C94H179Cl3N18O23. The third-order valence-electron chi connectivity index (χ3n) is 17.6. The Hall–Kier alpha value is -7.31. The Labute approximate surface area is 839 Å². The fourth-order valence-electron chi connectivity index (χ4n) is 10.3. The van der Waals surface area contributed by atoms with Crippen molar-refractivity contribution < 1.29 is 102 Å². The van der Waals surface area contributed by atoms with Gasteiger partial charge in [-0.15, -0.1) is 31.4 Å². The fourth-order valence-corrected chi connectivity index (χ4v) is 10.5. The Morgan fingerprint density at radius 3 is 1.34 bits per heavy atom. The van der Waals surface area contributed by atoms with Gasteiger partial charge in [0, 0.05) is 155 Å². The molecule has 10 atom stereocenters. The Morgan fingerprint density at radius 2 is 0.928 bits per heavy atom. The van der Waals surface area contributed by atoms with E-state index in [-0.39, 0.29) is 123 Å². The van der Waals surface area contributed by atoms with Crippen LogP contribution in [0.3, 0.4) is 0 Å². The number of likely N-dealkylation sites (N-methyl/N-ethyl adjacent to an activating group) is 2. The molecule has 14 N–H and O–H groups in total. The van der Waals surface area contributed by atoms with Crippen LogP contribution in [0, 0.1) is 0 Å². The summed E-state index contributed by atoms with van der Waals surface area (Å²) in [6.45, 7) is 60.0. The van der Waals surface area contributed by atoms with Gasteiger partial charge in [-0.1, -0.05) is 6.08 Å². The predicted molar refractivity (Wildman–Crippen MR) is 546 cm³/mol. The minimum atomic E-state index is -0.496. The lowest BCUT2D eigenvalue weighted by Gasteiger charge is -2.29. The number of anilines is 1. The first-order valence-corrected chi connectivity index (χ1v) is 47.2. The summed E-state index contributed by atoms with van der Waals surface area (Å²) in [6, 6.07) is 7.73. The van der Waals surface area contributed by atoms with Gasteiger partial charge in [-0.05, 0) is 242 Å². The van der Waals surface area contributed by atoms with Crippen LogP contribution in [0.5, 0.6) is 0 Å². The Balaban J connectivity index is -0.000000477. The first-order valence-electron chi connectivity index (χ1n) is 46.8. The number of amides is 4. The number of hydrogen-bond acceptors (Lipinski definition) is 35. The van der Waals surface area contributed by atoms with Gasteiger partial charge in [0.1, 0.15) is 35.1 Å². The number of alkyl carbamates (subject to hydrolysis) is 3. The summed E-state index contributed by atoms with van der Waals surface area (Å²) in [5.41, 5.74) is 10.5. The summed E-state index contributed by atoms with van der Waals surface area (Å²) >= 11 is 5.78. The average molecular weight is 2040 g/mol. The van der Waals surface area contributed by atoms with E-state index in [4.69, 9.17) is 105 Å². The van der Waals surface area contributed by atoms with Crippen molar-refractivity contribution in [2.24, 2.45) is 25.6 Å². The number of aliphatic hydroxyl groups is 5. The highest BCUT2D eigenvalue weighted by Gasteiger charge is 2.29. The summed E-state index contributed by atoms with van der Waals surface area (Å²) < 4.78 is 65.5. The summed E-state index contributed by atoms with van der Waals surface area (Å²) in [5, 5.41) is 56.2. The second kappa shape index (κ2) is 82.2. The second-order valence-electron chi connectivity index (χ2n) is 36.7. The number of nitrogens with two attached hydrogens (primary N) is 2. The summed E-state index contributed by atoms with van der Waals surface area (Å²) in [7, 11) is 7.35. The molecule has 0 aromatic carbocycles. The van der Waals surface area contributed by atoms with Crippen molar-refractivity contribution in [2.45, 2.75) is 280 Å². The number of nitrogens with one attached hydrogen (secondary N) is 5. The number of nitrogens with zero attached hydrogens (tertiary/aromatic N) is 11. The molecule has 0 spiro atoms. The van der Waals surface area contributed by atoms with Gasteiger partial charge >= 0.3 is 24.4 Å². The molecule has 44 heteroatoms. The smallest absolute Gasteiger partial charge is 0.410 e. The van der Waals surface area contributed by atoms with Crippen molar-refractivity contribution in [1.29, 1.82) is 0 Å². The highest BCUT2D eigenvalue weighted by molar-refractivity contribution is 6.28. The van der Waals surface area contributed by atoms with Gasteiger partial charge in [-0.2, -0.15) is 0 Å². The maximum Gasteiger partial charge on any atom is 0.410 e. The predicted octanol–water partition coefficient (Wildman–Crippen LogP) is 9.08. The minimum Gasteiger partial charge on any atom is -0.444 e. The van der Waals surface area contributed by atoms with E-state index in [1.807, 2.05) is 97.1 Å². The number of carbonyl (C=O) groups is 4. The zero-order valence-electron chi connectivity index (χ0n) is 87.7. The monoisotopic (exact) mass is 2030 g/mol. The molecule has 4 aromatic heterocycles. The standard InChI is InChI=1S/C15H19N5O2.C11H23NO4.2C11H21NO3.C9H7ClN4O.C8H17NO3.C7H17NO2.C7H15NO.C6H15NO2.C6H13NO.C3H9NO.2ClH/c1-11-9-22-7-3-6-20(11)15-18-13(8-14(21)19(15)2)12-4-5-16-10-17-12;1-9(8-15-7-5-6-13)12-10(14)16-11(2,3)4;1-9-8-14-7-5-6-12(9)10(13)15-11(2,3)4;1-6-7-14-8-9(2)12-10(13)15-11(3,4)5;1-14-8(15)4-7(13-9(14)10)6-2-3-11-5-12-6;1-6(5-10)9-7(11)12-8(2,3)4;1-7(8-2)6-10-5-3-4-9;1-7-6-9-5-3-4-8(7)2;1-6(7)5-9-4-2-3-8;1-6-5-8-4-2-3-7-6;1-3(4)2-5;;/h4-5,8,10-11H,3,6-7,9H2,1-2H3;9,13H,5-8H2,1-4H3,(H,12,14);9H,5-8H2,1-4H3;6,9H,1,7-8H2,2-5H3,(H,12,13);2-5H,1H3;6,10H,5H2,1-4H3,(H,9,11);7-9H,3-6H2,1-2H3;7H,3-6H2,1-2H3;6,8H,2-5,7H2,1H3;6-7H,2-5H2,1H3;3,5H,2,4H2,1H3;2*1H/t11-;3*9-;;6-;2*7-;2*6-;3-;;/m1111.111111../s1. The molecule has 41 nitrogen and oxygen atoms in total. The van der Waals surface area contributed by atoms with Gasteiger partial charge in [0.05, 0.1) is 126 Å². The second-order valence-corrected chi connectivity index (χ2v) is 37.1. The third-order valence-corrected chi connectivity index (χ3v) is 17.9. The normalized spacial score (nSPS) is 17.2. The van der Waals surface area contributed by atoms with Crippen molar-refractivity contribution in [3.05, 3.63) is 88.0 Å². The van der Waals surface area contributed by atoms with Crippen LogP contribution in [0.2, 0.25) is 5.28 Å². The molecule has 138 heavy (non-hydrogen) atoms. The molecule has 4 fully saturated rings. The van der Waals surface area contributed by atoms with E-state index in [2.05, 4.69) is 108 Å². The Bertz CT molecular complexity index is 3790. The lowest BCUT2D eigenvalue weighted by Crippen LogP contribution is -2.43. The quantitative estimate of drug-likeness (QED) is 0.0109. The molecule has 0 aliphatic carbocycles. The zero-order valence-corrected chi connectivity index (χ0v) is 90.0. The van der Waals surface area contributed by atoms with E-state index in [0.717, 1.165) is 91.6 Å². The van der Waals surface area contributed by atoms with Crippen molar-refractivity contribution in [1.82, 2.24) is 75.4 Å². The number of ether oxygens (including phenoxy) is 12. The van der Waals surface area contributed by atoms with Crippen LogP contribution >= 0.6 is 36.4 Å². The Kier molecular flexibility index (Phi) is 82.8.